The molecule has 10 rings (SSSR count). The van der Waals surface area contributed by atoms with Crippen LogP contribution in [0.15, 0.2) is 109 Å². The molecule has 3 aliphatic heterocycles. The van der Waals surface area contributed by atoms with Gasteiger partial charge in [-0.25, -0.2) is 0 Å². The van der Waals surface area contributed by atoms with E-state index in [4.69, 9.17) is 4.74 Å². The lowest BCUT2D eigenvalue weighted by Crippen LogP contribution is -2.55. The van der Waals surface area contributed by atoms with Crippen molar-refractivity contribution in [2.24, 2.45) is 0 Å². The average Bonchev–Trinajstić information content (AvgIpc) is 3.56. The second-order valence-electron chi connectivity index (χ2n) is 16.3. The summed E-state index contributed by atoms with van der Waals surface area (Å²) in [6.07, 6.45) is 0. The van der Waals surface area contributed by atoms with E-state index in [2.05, 4.69) is 167 Å². The molecule has 4 heteroatoms. The first-order chi connectivity index (χ1) is 23.5. The summed E-state index contributed by atoms with van der Waals surface area (Å²) in [6.45, 7) is 16.0. The zero-order valence-electron chi connectivity index (χ0n) is 29.3. The molecule has 7 aromatic rings. The van der Waals surface area contributed by atoms with Crippen molar-refractivity contribution < 1.29 is 4.74 Å². The second-order valence-corrected chi connectivity index (χ2v) is 16.3. The molecule has 0 spiro atoms. The monoisotopic (exact) mass is 634 g/mol. The lowest BCUT2D eigenvalue weighted by molar-refractivity contribution is 0.470. The van der Waals surface area contributed by atoms with Gasteiger partial charge in [-0.3, -0.25) is 0 Å². The van der Waals surface area contributed by atoms with Crippen LogP contribution < -0.4 is 20.5 Å². The molecule has 0 aliphatic carbocycles. The van der Waals surface area contributed by atoms with Crippen molar-refractivity contribution in [2.45, 2.75) is 59.3 Å². The summed E-state index contributed by atoms with van der Waals surface area (Å²) in [5.74, 6) is 1.88. The van der Waals surface area contributed by atoms with E-state index in [0.29, 0.717) is 0 Å². The van der Waals surface area contributed by atoms with Crippen molar-refractivity contribution in [1.29, 1.82) is 0 Å². The smallest absolute Gasteiger partial charge is 0.330 e. The van der Waals surface area contributed by atoms with Crippen molar-refractivity contribution >= 4 is 51.0 Å². The third-order valence-electron chi connectivity index (χ3n) is 11.1. The molecular formula is C45H39BN2O. The largest absolute Gasteiger partial charge is 0.453 e. The van der Waals surface area contributed by atoms with Crippen LogP contribution in [0.2, 0.25) is 0 Å². The second kappa shape index (κ2) is 9.48. The predicted molar refractivity (Wildman–Crippen MR) is 207 cm³/mol. The highest BCUT2D eigenvalue weighted by molar-refractivity contribution is 6.95. The fourth-order valence-corrected chi connectivity index (χ4v) is 8.65. The molecule has 0 saturated carbocycles. The molecule has 6 aromatic carbocycles. The van der Waals surface area contributed by atoms with Crippen LogP contribution in [0.3, 0.4) is 0 Å². The number of anilines is 2. The summed E-state index contributed by atoms with van der Waals surface area (Å²) in [5.41, 5.74) is 17.8. The van der Waals surface area contributed by atoms with E-state index in [-0.39, 0.29) is 17.7 Å². The summed E-state index contributed by atoms with van der Waals surface area (Å²) in [4.78, 5) is 2.61. The van der Waals surface area contributed by atoms with Crippen LogP contribution in [0.4, 0.5) is 11.4 Å². The van der Waals surface area contributed by atoms with Gasteiger partial charge in [0, 0.05) is 22.0 Å². The standard InChI is InChI=1S/C45H39BN2O/c1-26-19-33-31-25-39-32(30-15-11-12-16-37(30)47(39)29-13-9-8-10-14-29)24-36(31)46-42(33)34(20-26)35-21-28(45(5,6)7)23-41-43(35)48(46)38-18-17-27(44(2,3)4)22-40(38)49-41/h8-25H,1-7H3. The van der Waals surface area contributed by atoms with Gasteiger partial charge in [0.15, 0.2) is 5.75 Å². The molecule has 3 aliphatic rings. The fourth-order valence-electron chi connectivity index (χ4n) is 8.65. The van der Waals surface area contributed by atoms with Crippen molar-refractivity contribution in [3.05, 3.63) is 126 Å². The van der Waals surface area contributed by atoms with E-state index in [1.54, 1.807) is 0 Å². The van der Waals surface area contributed by atoms with Crippen LogP contribution >= 0.6 is 0 Å². The van der Waals surface area contributed by atoms with E-state index < -0.39 is 0 Å². The van der Waals surface area contributed by atoms with Gasteiger partial charge in [0.25, 0.3) is 0 Å². The zero-order chi connectivity index (χ0) is 33.6. The Hall–Kier alpha value is -5.22. The van der Waals surface area contributed by atoms with Gasteiger partial charge in [-0.1, -0.05) is 102 Å². The molecule has 238 valence electrons. The molecule has 1 aromatic heterocycles. The Morgan fingerprint density at radius 1 is 0.571 bits per heavy atom. The van der Waals surface area contributed by atoms with Gasteiger partial charge in [-0.05, 0) is 111 Å². The first-order valence-corrected chi connectivity index (χ1v) is 17.6. The minimum atomic E-state index is -0.0326. The number of rotatable bonds is 1. The minimum Gasteiger partial charge on any atom is -0.453 e. The van der Waals surface area contributed by atoms with E-state index in [9.17, 15) is 0 Å². The van der Waals surface area contributed by atoms with Crippen LogP contribution in [0, 0.1) is 6.92 Å². The highest BCUT2D eigenvalue weighted by Gasteiger charge is 2.48. The van der Waals surface area contributed by atoms with Gasteiger partial charge >= 0.3 is 6.85 Å². The number of para-hydroxylation sites is 2. The molecule has 0 bridgehead atoms. The lowest BCUT2D eigenvalue weighted by atomic mass is 9.48. The van der Waals surface area contributed by atoms with Crippen LogP contribution in [0.25, 0.3) is 49.7 Å². The Bertz CT molecular complexity index is 2560. The summed E-state index contributed by atoms with van der Waals surface area (Å²) in [7, 11) is 0. The van der Waals surface area contributed by atoms with Crippen molar-refractivity contribution in [3.8, 4) is 39.4 Å². The quantitative estimate of drug-likeness (QED) is 0.167. The van der Waals surface area contributed by atoms with E-state index in [1.165, 1.54) is 83.1 Å². The lowest BCUT2D eigenvalue weighted by Gasteiger charge is -2.43. The van der Waals surface area contributed by atoms with Crippen LogP contribution in [0.1, 0.15) is 58.2 Å². The number of fused-ring (bicyclic) bond motifs is 10. The zero-order valence-corrected chi connectivity index (χ0v) is 29.3. The van der Waals surface area contributed by atoms with Gasteiger partial charge in [0.1, 0.15) is 5.75 Å². The Morgan fingerprint density at radius 2 is 1.27 bits per heavy atom. The number of aromatic nitrogens is 1. The summed E-state index contributed by atoms with van der Waals surface area (Å²) < 4.78 is 9.41. The Labute approximate surface area is 288 Å². The van der Waals surface area contributed by atoms with Gasteiger partial charge in [0.05, 0.1) is 22.4 Å². The first-order valence-electron chi connectivity index (χ1n) is 17.6. The molecule has 49 heavy (non-hydrogen) atoms. The molecular weight excluding hydrogens is 595 g/mol. The van der Waals surface area contributed by atoms with Crippen molar-refractivity contribution in [3.63, 3.8) is 0 Å². The summed E-state index contributed by atoms with van der Waals surface area (Å²) >= 11 is 0. The third kappa shape index (κ3) is 3.92. The molecule has 0 unspecified atom stereocenters. The molecule has 0 N–H and O–H groups in total. The SMILES string of the molecule is Cc1cc2c3c(c1)-c1cc(C(C)(C)C)cc4c1N(B3c1cc3c5ccccc5n(-c5ccccc5)c3cc1-2)c1ccc(C(C)(C)C)cc1O4. The number of nitrogens with zero attached hydrogens (tertiary/aromatic N) is 2. The maximum atomic E-state index is 6.97. The summed E-state index contributed by atoms with van der Waals surface area (Å²) in [6, 6.07) is 41.1. The van der Waals surface area contributed by atoms with Crippen LogP contribution in [-0.4, -0.2) is 11.4 Å². The molecule has 4 heterocycles. The molecule has 0 radical (unpaired) electrons. The summed E-state index contributed by atoms with van der Waals surface area (Å²) in [5, 5.41) is 2.57. The average molecular weight is 635 g/mol. The maximum Gasteiger partial charge on any atom is 0.330 e. The molecule has 0 atom stereocenters. The minimum absolute atomic E-state index is 0.00874. The van der Waals surface area contributed by atoms with Crippen LogP contribution in [0.5, 0.6) is 11.5 Å². The van der Waals surface area contributed by atoms with Crippen molar-refractivity contribution in [1.82, 2.24) is 4.57 Å². The number of hydrogen-bond donors (Lipinski definition) is 0. The Morgan fingerprint density at radius 3 is 2.02 bits per heavy atom. The molecule has 3 nitrogen and oxygen atoms in total. The van der Waals surface area contributed by atoms with Gasteiger partial charge in [0.2, 0.25) is 0 Å². The highest BCUT2D eigenvalue weighted by Crippen LogP contribution is 2.56. The Balaban J connectivity index is 1.32. The molecule has 0 saturated heterocycles. The Kier molecular flexibility index (Phi) is 5.56. The van der Waals surface area contributed by atoms with Gasteiger partial charge in [-0.2, -0.15) is 0 Å². The topological polar surface area (TPSA) is 17.4 Å². The number of ether oxygens (including phenoxy) is 1. The number of aryl methyl sites for hydroxylation is 1. The van der Waals surface area contributed by atoms with Gasteiger partial charge in [-0.15, -0.1) is 0 Å². The fraction of sp³-hybridized carbons (Fsp3) is 0.200. The molecule has 0 amide bonds. The van der Waals surface area contributed by atoms with Crippen LogP contribution in [-0.2, 0) is 10.8 Å². The van der Waals surface area contributed by atoms with E-state index in [0.717, 1.165) is 17.2 Å². The normalized spacial score (nSPS) is 14.1. The van der Waals surface area contributed by atoms with Gasteiger partial charge < -0.3 is 14.1 Å². The van der Waals surface area contributed by atoms with Crippen molar-refractivity contribution in [2.75, 3.05) is 4.81 Å². The highest BCUT2D eigenvalue weighted by atomic mass is 16.5. The molecule has 0 fully saturated rings. The van der Waals surface area contributed by atoms with E-state index in [1.807, 2.05) is 0 Å². The number of hydrogen-bond acceptors (Lipinski definition) is 2. The maximum absolute atomic E-state index is 6.97. The predicted octanol–water partition coefficient (Wildman–Crippen LogP) is 10.7. The third-order valence-corrected chi connectivity index (χ3v) is 11.1. The van der Waals surface area contributed by atoms with E-state index >= 15 is 0 Å². The number of benzene rings is 6. The first kappa shape index (κ1) is 28.8.